The van der Waals surface area contributed by atoms with Crippen LogP contribution < -0.4 is 10.6 Å². The average molecular weight is 476 g/mol. The average Bonchev–Trinajstić information content (AvgIpc) is 3.55. The molecule has 1 atom stereocenters. The highest BCUT2D eigenvalue weighted by Crippen LogP contribution is 2.32. The van der Waals surface area contributed by atoms with E-state index in [0.29, 0.717) is 25.1 Å². The van der Waals surface area contributed by atoms with Gasteiger partial charge in [-0.25, -0.2) is 4.98 Å². The van der Waals surface area contributed by atoms with Crippen molar-refractivity contribution in [2.45, 2.75) is 64.8 Å². The molecular weight excluding hydrogens is 446 g/mol. The third kappa shape index (κ3) is 4.96. The van der Waals surface area contributed by atoms with Gasteiger partial charge in [0.25, 0.3) is 5.91 Å². The highest BCUT2D eigenvalue weighted by atomic mass is 16.2. The van der Waals surface area contributed by atoms with Gasteiger partial charge < -0.3 is 14.8 Å². The molecule has 2 aliphatic rings. The lowest BCUT2D eigenvalue weighted by molar-refractivity contribution is -0.136. The maximum absolute atomic E-state index is 13.0. The number of aryl methyl sites for hydroxylation is 3. The molecule has 2 aromatic heterocycles. The molecule has 5 rings (SSSR count). The van der Waals surface area contributed by atoms with Crippen LogP contribution in [0.4, 0.5) is 5.69 Å². The number of unbranched alkanes of at least 4 members (excludes halogenated alkanes) is 1. The summed E-state index contributed by atoms with van der Waals surface area (Å²) >= 11 is 0. The third-order valence-electron chi connectivity index (χ3n) is 6.54. The molecule has 182 valence electrons. The van der Waals surface area contributed by atoms with Gasteiger partial charge in [0, 0.05) is 55.3 Å². The van der Waals surface area contributed by atoms with Gasteiger partial charge in [0.1, 0.15) is 6.04 Å². The SMILES string of the molecule is Cc1cnn(CCCCn2cnc(CNc3cccc4c3CN(C3CCC(=O)NC3=O)C4=O)c2)c1. The Balaban J connectivity index is 1.16. The van der Waals surface area contributed by atoms with Gasteiger partial charge in [-0.15, -0.1) is 0 Å². The van der Waals surface area contributed by atoms with E-state index in [1.807, 2.05) is 42.5 Å². The number of piperidine rings is 1. The maximum Gasteiger partial charge on any atom is 0.255 e. The Labute approximate surface area is 203 Å². The Hall–Kier alpha value is -3.95. The molecule has 1 fully saturated rings. The number of anilines is 1. The Morgan fingerprint density at radius 2 is 2.00 bits per heavy atom. The first-order chi connectivity index (χ1) is 17.0. The first kappa shape index (κ1) is 22.8. The molecule has 35 heavy (non-hydrogen) atoms. The summed E-state index contributed by atoms with van der Waals surface area (Å²) in [6.07, 6.45) is 10.5. The van der Waals surface area contributed by atoms with Crippen LogP contribution in [0.1, 0.15) is 52.9 Å². The Kier molecular flexibility index (Phi) is 6.35. The first-order valence-corrected chi connectivity index (χ1v) is 12.0. The van der Waals surface area contributed by atoms with Crippen molar-refractivity contribution in [2.75, 3.05) is 5.32 Å². The molecule has 4 heterocycles. The molecule has 1 unspecified atom stereocenters. The summed E-state index contributed by atoms with van der Waals surface area (Å²) in [5, 5.41) is 10.1. The number of aromatic nitrogens is 4. The van der Waals surface area contributed by atoms with E-state index in [-0.39, 0.29) is 18.2 Å². The second kappa shape index (κ2) is 9.73. The molecule has 1 saturated heterocycles. The van der Waals surface area contributed by atoms with E-state index >= 15 is 0 Å². The number of carbonyl (C=O) groups excluding carboxylic acids is 3. The molecule has 0 spiro atoms. The highest BCUT2D eigenvalue weighted by molar-refractivity contribution is 6.06. The Morgan fingerprint density at radius 1 is 1.14 bits per heavy atom. The van der Waals surface area contributed by atoms with Crippen molar-refractivity contribution in [1.82, 2.24) is 29.5 Å². The molecule has 10 nitrogen and oxygen atoms in total. The monoisotopic (exact) mass is 475 g/mol. The Bertz CT molecular complexity index is 1260. The maximum atomic E-state index is 13.0. The number of fused-ring (bicyclic) bond motifs is 1. The van der Waals surface area contributed by atoms with Gasteiger partial charge in [0.05, 0.1) is 24.8 Å². The van der Waals surface area contributed by atoms with E-state index in [1.165, 1.54) is 5.56 Å². The fourth-order valence-electron chi connectivity index (χ4n) is 4.71. The molecule has 1 aromatic carbocycles. The van der Waals surface area contributed by atoms with Crippen LogP contribution in [0.5, 0.6) is 0 Å². The zero-order chi connectivity index (χ0) is 24.4. The third-order valence-corrected chi connectivity index (χ3v) is 6.54. The predicted molar refractivity (Wildman–Crippen MR) is 128 cm³/mol. The van der Waals surface area contributed by atoms with E-state index in [4.69, 9.17) is 0 Å². The van der Waals surface area contributed by atoms with E-state index in [2.05, 4.69) is 31.5 Å². The largest absolute Gasteiger partial charge is 0.379 e. The smallest absolute Gasteiger partial charge is 0.255 e. The van der Waals surface area contributed by atoms with Crippen LogP contribution >= 0.6 is 0 Å². The first-order valence-electron chi connectivity index (χ1n) is 12.0. The predicted octanol–water partition coefficient (Wildman–Crippen LogP) is 2.24. The number of hydrogen-bond acceptors (Lipinski definition) is 6. The fraction of sp³-hybridized carbons (Fsp3) is 0.400. The van der Waals surface area contributed by atoms with Gasteiger partial charge in [0.15, 0.2) is 0 Å². The Morgan fingerprint density at radius 3 is 2.80 bits per heavy atom. The summed E-state index contributed by atoms with van der Waals surface area (Å²) in [6.45, 7) is 4.71. The van der Waals surface area contributed by atoms with Crippen LogP contribution in [-0.2, 0) is 35.8 Å². The van der Waals surface area contributed by atoms with E-state index in [9.17, 15) is 14.4 Å². The van der Waals surface area contributed by atoms with Gasteiger partial charge in [-0.05, 0) is 43.9 Å². The van der Waals surface area contributed by atoms with E-state index in [1.54, 1.807) is 11.0 Å². The number of carbonyl (C=O) groups is 3. The van der Waals surface area contributed by atoms with Crippen molar-refractivity contribution in [1.29, 1.82) is 0 Å². The van der Waals surface area contributed by atoms with Crippen LogP contribution in [-0.4, -0.2) is 48.0 Å². The zero-order valence-electron chi connectivity index (χ0n) is 19.7. The molecule has 10 heteroatoms. The summed E-state index contributed by atoms with van der Waals surface area (Å²) in [6, 6.07) is 4.95. The number of hydrogen-bond donors (Lipinski definition) is 2. The summed E-state index contributed by atoms with van der Waals surface area (Å²) in [5.74, 6) is -0.861. The van der Waals surface area contributed by atoms with Crippen molar-refractivity contribution in [3.05, 3.63) is 65.5 Å². The summed E-state index contributed by atoms with van der Waals surface area (Å²) in [7, 11) is 0. The number of benzene rings is 1. The van der Waals surface area contributed by atoms with Gasteiger partial charge in [-0.1, -0.05) is 6.07 Å². The van der Waals surface area contributed by atoms with Crippen molar-refractivity contribution in [3.63, 3.8) is 0 Å². The molecule has 0 bridgehead atoms. The standard InChI is InChI=1S/C25H29N7O3/c1-17-11-28-31(13-17)10-3-2-9-30-14-18(27-16-30)12-26-21-6-4-5-19-20(21)15-32(25(19)35)22-7-8-23(33)29-24(22)34/h4-6,11,13-14,16,22,26H,2-3,7-10,12,15H2,1H3,(H,29,33,34). The summed E-state index contributed by atoms with van der Waals surface area (Å²) in [5.41, 5.74) is 4.41. The van der Waals surface area contributed by atoms with Gasteiger partial charge in [-0.2, -0.15) is 5.10 Å². The quantitative estimate of drug-likeness (QED) is 0.362. The number of nitrogens with zero attached hydrogens (tertiary/aromatic N) is 5. The van der Waals surface area contributed by atoms with Crippen molar-refractivity contribution in [2.24, 2.45) is 0 Å². The molecule has 0 radical (unpaired) electrons. The lowest BCUT2D eigenvalue weighted by Crippen LogP contribution is -2.52. The molecule has 3 amide bonds. The number of imide groups is 1. The van der Waals surface area contributed by atoms with Gasteiger partial charge in [0.2, 0.25) is 11.8 Å². The lowest BCUT2D eigenvalue weighted by Gasteiger charge is -2.29. The topological polar surface area (TPSA) is 114 Å². The van der Waals surface area contributed by atoms with Crippen LogP contribution in [0.15, 0.2) is 43.1 Å². The normalized spacial score (nSPS) is 17.6. The number of imidazole rings is 1. The summed E-state index contributed by atoms with van der Waals surface area (Å²) in [4.78, 5) is 42.8. The van der Waals surface area contributed by atoms with Gasteiger partial charge in [-0.3, -0.25) is 24.4 Å². The van der Waals surface area contributed by atoms with E-state index < -0.39 is 11.9 Å². The van der Waals surface area contributed by atoms with E-state index in [0.717, 1.165) is 42.9 Å². The molecule has 0 saturated carbocycles. The van der Waals surface area contributed by atoms with Gasteiger partial charge >= 0.3 is 0 Å². The highest BCUT2D eigenvalue weighted by Gasteiger charge is 2.39. The summed E-state index contributed by atoms with van der Waals surface area (Å²) < 4.78 is 4.07. The minimum atomic E-state index is -0.617. The lowest BCUT2D eigenvalue weighted by atomic mass is 10.0. The molecule has 0 aliphatic carbocycles. The minimum absolute atomic E-state index is 0.173. The second-order valence-corrected chi connectivity index (χ2v) is 9.18. The zero-order valence-corrected chi connectivity index (χ0v) is 19.7. The van der Waals surface area contributed by atoms with Crippen LogP contribution in [0.3, 0.4) is 0 Å². The van der Waals surface area contributed by atoms with Crippen LogP contribution in [0.2, 0.25) is 0 Å². The van der Waals surface area contributed by atoms with Crippen LogP contribution in [0, 0.1) is 6.92 Å². The second-order valence-electron chi connectivity index (χ2n) is 9.18. The van der Waals surface area contributed by atoms with Crippen LogP contribution in [0.25, 0.3) is 0 Å². The fourth-order valence-corrected chi connectivity index (χ4v) is 4.71. The molecule has 3 aromatic rings. The molecule has 2 N–H and O–H groups in total. The molecular formula is C25H29N7O3. The molecule has 2 aliphatic heterocycles. The van der Waals surface area contributed by atoms with Crippen molar-refractivity contribution in [3.8, 4) is 0 Å². The number of amides is 3. The number of nitrogens with one attached hydrogen (secondary N) is 2. The van der Waals surface area contributed by atoms with Crippen molar-refractivity contribution >= 4 is 23.4 Å². The number of rotatable bonds is 9. The minimum Gasteiger partial charge on any atom is -0.379 e. The van der Waals surface area contributed by atoms with Crippen molar-refractivity contribution < 1.29 is 14.4 Å².